The van der Waals surface area contributed by atoms with Gasteiger partial charge in [0.1, 0.15) is 0 Å². The summed E-state index contributed by atoms with van der Waals surface area (Å²) in [6.07, 6.45) is 5.28. The maximum atomic E-state index is 13.9. The molecule has 5 rings (SSSR count). The normalized spacial score (nSPS) is 23.2. The first-order chi connectivity index (χ1) is 13.5. The number of amides is 1. The number of carbonyl (C=O) groups excluding carboxylic acids is 1. The fourth-order valence-electron chi connectivity index (χ4n) is 4.35. The van der Waals surface area contributed by atoms with Crippen molar-refractivity contribution in [2.24, 2.45) is 23.5 Å². The molecule has 3 aromatic rings. The van der Waals surface area contributed by atoms with Crippen LogP contribution < -0.4 is 10.6 Å². The Labute approximate surface area is 164 Å². The third kappa shape index (κ3) is 2.86. The molecule has 1 aliphatic carbocycles. The summed E-state index contributed by atoms with van der Waals surface area (Å²) in [7, 11) is 0. The van der Waals surface area contributed by atoms with E-state index in [4.69, 9.17) is 17.3 Å². The van der Waals surface area contributed by atoms with Gasteiger partial charge in [0.25, 0.3) is 0 Å². The molecule has 0 aromatic carbocycles. The molecule has 2 aliphatic rings. The van der Waals surface area contributed by atoms with Crippen molar-refractivity contribution in [3.05, 3.63) is 41.3 Å². The van der Waals surface area contributed by atoms with Gasteiger partial charge < -0.3 is 10.6 Å². The minimum Gasteiger partial charge on any atom is -0.366 e. The van der Waals surface area contributed by atoms with Gasteiger partial charge in [0, 0.05) is 31.2 Å². The first-order valence-electron chi connectivity index (χ1n) is 9.05. The summed E-state index contributed by atoms with van der Waals surface area (Å²) in [6, 6.07) is 1.71. The van der Waals surface area contributed by atoms with Crippen LogP contribution >= 0.6 is 11.6 Å². The van der Waals surface area contributed by atoms with Gasteiger partial charge in [-0.15, -0.1) is 0 Å². The fourth-order valence-corrected chi connectivity index (χ4v) is 4.48. The van der Waals surface area contributed by atoms with E-state index in [0.29, 0.717) is 29.1 Å². The summed E-state index contributed by atoms with van der Waals surface area (Å²) in [5.41, 5.74) is 6.41. The Morgan fingerprint density at radius 1 is 1.25 bits per heavy atom. The van der Waals surface area contributed by atoms with Crippen molar-refractivity contribution in [2.75, 3.05) is 18.0 Å². The van der Waals surface area contributed by atoms with Crippen LogP contribution in [0.2, 0.25) is 5.28 Å². The molecule has 144 valence electrons. The second kappa shape index (κ2) is 6.37. The molecule has 2 fully saturated rings. The summed E-state index contributed by atoms with van der Waals surface area (Å²) in [5.74, 6) is 0.999. The van der Waals surface area contributed by atoms with E-state index in [-0.39, 0.29) is 5.28 Å². The highest BCUT2D eigenvalue weighted by Gasteiger charge is 2.55. The lowest BCUT2D eigenvalue weighted by Gasteiger charge is -2.21. The monoisotopic (exact) mass is 401 g/mol. The molecule has 2 atom stereocenters. The molecule has 0 spiro atoms. The van der Waals surface area contributed by atoms with Crippen molar-refractivity contribution in [2.45, 2.75) is 13.0 Å². The van der Waals surface area contributed by atoms with Crippen molar-refractivity contribution < 1.29 is 9.18 Å². The Morgan fingerprint density at radius 2 is 2.04 bits per heavy atom. The Kier molecular flexibility index (Phi) is 3.94. The van der Waals surface area contributed by atoms with Crippen molar-refractivity contribution >= 4 is 34.4 Å². The van der Waals surface area contributed by atoms with Crippen LogP contribution in [0.1, 0.15) is 16.8 Å². The lowest BCUT2D eigenvalue weighted by atomic mass is 10.2. The lowest BCUT2D eigenvalue weighted by Crippen LogP contribution is -2.26. The predicted octanol–water partition coefficient (Wildman–Crippen LogP) is 1.89. The SMILES string of the molecule is NC(=O)c1cnc2c(cnn2CCC2C3CN(c4nc(Cl)ncc4F)CC23)c1. The van der Waals surface area contributed by atoms with Gasteiger partial charge in [0.15, 0.2) is 17.3 Å². The van der Waals surface area contributed by atoms with Crippen LogP contribution in [0.5, 0.6) is 0 Å². The molecule has 1 saturated carbocycles. The number of rotatable bonds is 5. The summed E-state index contributed by atoms with van der Waals surface area (Å²) < 4.78 is 15.8. The van der Waals surface area contributed by atoms with Crippen molar-refractivity contribution in [1.82, 2.24) is 24.7 Å². The average Bonchev–Trinajstić information content (AvgIpc) is 3.02. The van der Waals surface area contributed by atoms with Crippen molar-refractivity contribution in [3.63, 3.8) is 0 Å². The topological polar surface area (TPSA) is 103 Å². The number of anilines is 1. The van der Waals surface area contributed by atoms with E-state index in [2.05, 4.69) is 20.1 Å². The maximum absolute atomic E-state index is 13.9. The van der Waals surface area contributed by atoms with E-state index in [1.54, 1.807) is 12.3 Å². The molecule has 0 radical (unpaired) electrons. The second-order valence-electron chi connectivity index (χ2n) is 7.36. The quantitative estimate of drug-likeness (QED) is 0.655. The van der Waals surface area contributed by atoms with Crippen molar-refractivity contribution in [3.8, 4) is 0 Å². The van der Waals surface area contributed by atoms with Crippen LogP contribution in [0, 0.1) is 23.6 Å². The largest absolute Gasteiger partial charge is 0.366 e. The molecule has 4 heterocycles. The van der Waals surface area contributed by atoms with Crippen LogP contribution in [-0.4, -0.2) is 43.7 Å². The number of primary amides is 1. The van der Waals surface area contributed by atoms with Gasteiger partial charge in [0.05, 0.1) is 18.0 Å². The number of aryl methyl sites for hydroxylation is 1. The number of halogens is 2. The third-order valence-corrected chi connectivity index (χ3v) is 5.98. The number of nitrogens with zero attached hydrogens (tertiary/aromatic N) is 6. The fraction of sp³-hybridized carbons (Fsp3) is 0.389. The molecule has 3 aromatic heterocycles. The van der Waals surface area contributed by atoms with Gasteiger partial charge >= 0.3 is 0 Å². The smallest absolute Gasteiger partial charge is 0.250 e. The molecule has 2 unspecified atom stereocenters. The number of hydrogen-bond donors (Lipinski definition) is 1. The highest BCUT2D eigenvalue weighted by molar-refractivity contribution is 6.28. The highest BCUT2D eigenvalue weighted by Crippen LogP contribution is 2.54. The van der Waals surface area contributed by atoms with Gasteiger partial charge in [-0.25, -0.2) is 19.0 Å². The Hall–Kier alpha value is -2.81. The van der Waals surface area contributed by atoms with Gasteiger partial charge in [-0.05, 0) is 41.8 Å². The standard InChI is InChI=1S/C18H17ClFN7O/c19-18-23-6-14(20)17(25-18)26-7-12-11(13(12)8-26)1-2-27-16-10(5-24-27)3-9(4-22-16)15(21)28/h3-6,11-13H,1-2,7-8H2,(H2,21,28). The van der Waals surface area contributed by atoms with Crippen LogP contribution in [-0.2, 0) is 6.54 Å². The molecular formula is C18H17ClFN7O. The number of hydrogen-bond acceptors (Lipinski definition) is 6. The molecule has 10 heteroatoms. The number of piperidine rings is 1. The molecule has 8 nitrogen and oxygen atoms in total. The molecule has 1 aliphatic heterocycles. The molecule has 28 heavy (non-hydrogen) atoms. The van der Waals surface area contributed by atoms with Crippen LogP contribution in [0.3, 0.4) is 0 Å². The number of fused-ring (bicyclic) bond motifs is 2. The van der Waals surface area contributed by atoms with E-state index in [9.17, 15) is 9.18 Å². The zero-order chi connectivity index (χ0) is 19.4. The van der Waals surface area contributed by atoms with E-state index in [1.165, 1.54) is 6.20 Å². The van der Waals surface area contributed by atoms with E-state index < -0.39 is 11.7 Å². The summed E-state index contributed by atoms with van der Waals surface area (Å²) in [5, 5.41) is 5.25. The molecule has 1 amide bonds. The summed E-state index contributed by atoms with van der Waals surface area (Å²) >= 11 is 5.80. The van der Waals surface area contributed by atoms with E-state index >= 15 is 0 Å². The van der Waals surface area contributed by atoms with Crippen molar-refractivity contribution in [1.29, 1.82) is 0 Å². The van der Waals surface area contributed by atoms with E-state index in [1.807, 2.05) is 9.58 Å². The predicted molar refractivity (Wildman–Crippen MR) is 100 cm³/mol. The zero-order valence-electron chi connectivity index (χ0n) is 14.8. The van der Waals surface area contributed by atoms with Gasteiger partial charge in [-0.2, -0.15) is 10.1 Å². The summed E-state index contributed by atoms with van der Waals surface area (Å²) in [4.78, 5) is 25.2. The minimum atomic E-state index is -0.501. The first-order valence-corrected chi connectivity index (χ1v) is 9.43. The first kappa shape index (κ1) is 17.3. The molecule has 0 bridgehead atoms. The Morgan fingerprint density at radius 3 is 2.79 bits per heavy atom. The van der Waals surface area contributed by atoms with Gasteiger partial charge in [-0.3, -0.25) is 4.79 Å². The average molecular weight is 402 g/mol. The number of pyridine rings is 1. The molecule has 2 N–H and O–H groups in total. The zero-order valence-corrected chi connectivity index (χ0v) is 15.6. The van der Waals surface area contributed by atoms with Gasteiger partial charge in [0.2, 0.25) is 11.2 Å². The Balaban J connectivity index is 1.22. The highest BCUT2D eigenvalue weighted by atomic mass is 35.5. The molecular weight excluding hydrogens is 385 g/mol. The van der Waals surface area contributed by atoms with Crippen LogP contribution in [0.15, 0.2) is 24.7 Å². The Bertz CT molecular complexity index is 1070. The third-order valence-electron chi connectivity index (χ3n) is 5.80. The number of aromatic nitrogens is 5. The second-order valence-corrected chi connectivity index (χ2v) is 7.70. The number of nitrogens with two attached hydrogens (primary N) is 1. The number of carbonyl (C=O) groups is 1. The van der Waals surface area contributed by atoms with E-state index in [0.717, 1.165) is 43.3 Å². The summed E-state index contributed by atoms with van der Waals surface area (Å²) in [6.45, 7) is 2.30. The van der Waals surface area contributed by atoms with Crippen LogP contribution in [0.25, 0.3) is 11.0 Å². The molecule has 1 saturated heterocycles. The van der Waals surface area contributed by atoms with Gasteiger partial charge in [-0.1, -0.05) is 0 Å². The maximum Gasteiger partial charge on any atom is 0.250 e. The van der Waals surface area contributed by atoms with Crippen LogP contribution in [0.4, 0.5) is 10.2 Å². The lowest BCUT2D eigenvalue weighted by molar-refractivity contribution is 0.1000. The minimum absolute atomic E-state index is 0.0612.